The average molecular weight is 326 g/mol. The average Bonchev–Trinajstić information content (AvgIpc) is 3.09. The van der Waals surface area contributed by atoms with Crippen LogP contribution in [0.5, 0.6) is 11.5 Å². The van der Waals surface area contributed by atoms with Crippen molar-refractivity contribution in [1.82, 2.24) is 4.98 Å². The highest BCUT2D eigenvalue weighted by molar-refractivity contribution is 7.09. The minimum atomic E-state index is 0.662. The summed E-state index contributed by atoms with van der Waals surface area (Å²) in [5, 5.41) is 6.45. The van der Waals surface area contributed by atoms with Crippen molar-refractivity contribution in [3.8, 4) is 22.8 Å². The Balaban J connectivity index is 1.72. The molecule has 0 bridgehead atoms. The quantitative estimate of drug-likeness (QED) is 0.727. The maximum atomic E-state index is 5.34. The lowest BCUT2D eigenvalue weighted by atomic mass is 10.2. The minimum Gasteiger partial charge on any atom is -0.497 e. The lowest BCUT2D eigenvalue weighted by Gasteiger charge is -2.09. The van der Waals surface area contributed by atoms with Gasteiger partial charge in [-0.1, -0.05) is 24.3 Å². The number of rotatable bonds is 6. The number of hydrogen-bond donors (Lipinski definition) is 1. The van der Waals surface area contributed by atoms with E-state index in [2.05, 4.69) is 15.7 Å². The Morgan fingerprint density at radius 2 is 1.91 bits per heavy atom. The van der Waals surface area contributed by atoms with Crippen LogP contribution < -0.4 is 14.8 Å². The van der Waals surface area contributed by atoms with Gasteiger partial charge in [0, 0.05) is 10.9 Å². The van der Waals surface area contributed by atoms with Gasteiger partial charge >= 0.3 is 0 Å². The first-order valence-corrected chi connectivity index (χ1v) is 8.14. The number of nitrogens with one attached hydrogen (secondary N) is 1. The van der Waals surface area contributed by atoms with Gasteiger partial charge in [-0.3, -0.25) is 0 Å². The molecule has 0 amide bonds. The van der Waals surface area contributed by atoms with Crippen LogP contribution in [-0.2, 0) is 6.54 Å². The highest BCUT2D eigenvalue weighted by Crippen LogP contribution is 2.27. The number of ether oxygens (including phenoxy) is 2. The number of nitrogens with zero attached hydrogens (tertiary/aromatic N) is 1. The zero-order valence-electron chi connectivity index (χ0n) is 13.1. The van der Waals surface area contributed by atoms with Crippen LogP contribution in [0, 0.1) is 0 Å². The molecule has 0 radical (unpaired) electrons. The van der Waals surface area contributed by atoms with E-state index in [1.807, 2.05) is 48.5 Å². The van der Waals surface area contributed by atoms with Gasteiger partial charge in [-0.15, -0.1) is 11.3 Å². The summed E-state index contributed by atoms with van der Waals surface area (Å²) in [5.74, 6) is 1.67. The van der Waals surface area contributed by atoms with Crippen LogP contribution in [0.4, 0.5) is 5.69 Å². The number of thiazole rings is 1. The molecule has 118 valence electrons. The fraction of sp³-hybridized carbons (Fsp3) is 0.167. The van der Waals surface area contributed by atoms with Crippen molar-refractivity contribution in [2.75, 3.05) is 19.5 Å². The van der Waals surface area contributed by atoms with Gasteiger partial charge in [0.15, 0.2) is 0 Å². The van der Waals surface area contributed by atoms with E-state index < -0.39 is 0 Å². The molecule has 1 N–H and O–H groups in total. The molecule has 0 unspecified atom stereocenters. The lowest BCUT2D eigenvalue weighted by Crippen LogP contribution is -2.00. The molecule has 0 aliphatic carbocycles. The zero-order chi connectivity index (χ0) is 16.1. The van der Waals surface area contributed by atoms with Crippen LogP contribution in [-0.4, -0.2) is 19.2 Å². The highest BCUT2D eigenvalue weighted by Gasteiger charge is 2.07. The number of benzene rings is 2. The topological polar surface area (TPSA) is 43.4 Å². The maximum Gasteiger partial charge on any atom is 0.141 e. The number of para-hydroxylation sites is 2. The first-order valence-electron chi connectivity index (χ1n) is 7.26. The summed E-state index contributed by atoms with van der Waals surface area (Å²) in [6, 6.07) is 15.8. The van der Waals surface area contributed by atoms with Crippen molar-refractivity contribution >= 4 is 17.0 Å². The van der Waals surface area contributed by atoms with Crippen LogP contribution in [0.2, 0.25) is 0 Å². The highest BCUT2D eigenvalue weighted by atomic mass is 32.1. The van der Waals surface area contributed by atoms with Gasteiger partial charge in [-0.2, -0.15) is 0 Å². The molecule has 0 aliphatic heterocycles. The summed E-state index contributed by atoms with van der Waals surface area (Å²) in [6.45, 7) is 0.662. The van der Waals surface area contributed by atoms with Crippen LogP contribution in [0.1, 0.15) is 5.01 Å². The number of anilines is 1. The van der Waals surface area contributed by atoms with Crippen LogP contribution >= 0.6 is 11.3 Å². The van der Waals surface area contributed by atoms with Gasteiger partial charge in [0.2, 0.25) is 0 Å². The fourth-order valence-corrected chi connectivity index (χ4v) is 3.01. The molecule has 0 atom stereocenters. The number of hydrogen-bond acceptors (Lipinski definition) is 5. The van der Waals surface area contributed by atoms with E-state index in [9.17, 15) is 0 Å². The second-order valence-corrected chi connectivity index (χ2v) is 5.85. The van der Waals surface area contributed by atoms with E-state index in [0.29, 0.717) is 6.54 Å². The minimum absolute atomic E-state index is 0.662. The molecule has 4 nitrogen and oxygen atoms in total. The summed E-state index contributed by atoms with van der Waals surface area (Å²) in [4.78, 5) is 4.69. The summed E-state index contributed by atoms with van der Waals surface area (Å²) in [6.07, 6.45) is 0. The summed E-state index contributed by atoms with van der Waals surface area (Å²) in [7, 11) is 3.34. The Morgan fingerprint density at radius 3 is 2.74 bits per heavy atom. The lowest BCUT2D eigenvalue weighted by molar-refractivity contribution is 0.415. The van der Waals surface area contributed by atoms with Crippen molar-refractivity contribution in [3.05, 3.63) is 58.9 Å². The number of aromatic nitrogens is 1. The molecule has 0 spiro atoms. The van der Waals surface area contributed by atoms with Gasteiger partial charge < -0.3 is 14.8 Å². The van der Waals surface area contributed by atoms with Gasteiger partial charge in [0.1, 0.15) is 16.5 Å². The summed E-state index contributed by atoms with van der Waals surface area (Å²) in [5.41, 5.74) is 2.99. The third kappa shape index (κ3) is 3.63. The van der Waals surface area contributed by atoms with Crippen molar-refractivity contribution in [2.45, 2.75) is 6.54 Å². The number of methoxy groups -OCH3 is 2. The van der Waals surface area contributed by atoms with E-state index in [4.69, 9.17) is 9.47 Å². The van der Waals surface area contributed by atoms with Crippen LogP contribution in [0.25, 0.3) is 11.3 Å². The van der Waals surface area contributed by atoms with Gasteiger partial charge in [-0.05, 0) is 24.3 Å². The summed E-state index contributed by atoms with van der Waals surface area (Å²) < 4.78 is 10.6. The monoisotopic (exact) mass is 326 g/mol. The van der Waals surface area contributed by atoms with Gasteiger partial charge in [-0.25, -0.2) is 4.98 Å². The van der Waals surface area contributed by atoms with E-state index in [1.165, 1.54) is 0 Å². The Bertz CT molecular complexity index is 786. The van der Waals surface area contributed by atoms with Crippen molar-refractivity contribution < 1.29 is 9.47 Å². The van der Waals surface area contributed by atoms with Gasteiger partial charge in [0.25, 0.3) is 0 Å². The molecular formula is C18H18N2O2S. The molecular weight excluding hydrogens is 308 g/mol. The van der Waals surface area contributed by atoms with Gasteiger partial charge in [0.05, 0.1) is 32.1 Å². The van der Waals surface area contributed by atoms with Crippen LogP contribution in [0.3, 0.4) is 0 Å². The summed E-state index contributed by atoms with van der Waals surface area (Å²) >= 11 is 1.64. The van der Waals surface area contributed by atoms with E-state index in [0.717, 1.165) is 33.5 Å². The Kier molecular flexibility index (Phi) is 4.78. The predicted octanol–water partition coefficient (Wildman–Crippen LogP) is 4.44. The SMILES string of the molecule is COc1cccc(-c2csc(CNc3ccccc3OC)n2)c1. The third-order valence-corrected chi connectivity index (χ3v) is 4.30. The van der Waals surface area contributed by atoms with Crippen molar-refractivity contribution in [1.29, 1.82) is 0 Å². The van der Waals surface area contributed by atoms with Crippen molar-refractivity contribution in [2.24, 2.45) is 0 Å². The molecule has 1 aromatic heterocycles. The smallest absolute Gasteiger partial charge is 0.141 e. The molecule has 3 rings (SSSR count). The molecule has 0 fully saturated rings. The van der Waals surface area contributed by atoms with Crippen LogP contribution in [0.15, 0.2) is 53.9 Å². The molecule has 0 saturated carbocycles. The van der Waals surface area contributed by atoms with E-state index >= 15 is 0 Å². The maximum absolute atomic E-state index is 5.34. The molecule has 3 aromatic rings. The van der Waals surface area contributed by atoms with E-state index in [-0.39, 0.29) is 0 Å². The second kappa shape index (κ2) is 7.15. The molecule has 1 heterocycles. The largest absolute Gasteiger partial charge is 0.497 e. The fourth-order valence-electron chi connectivity index (χ4n) is 2.27. The Morgan fingerprint density at radius 1 is 1.04 bits per heavy atom. The first kappa shape index (κ1) is 15.4. The Labute approximate surface area is 139 Å². The molecule has 23 heavy (non-hydrogen) atoms. The molecule has 2 aromatic carbocycles. The normalized spacial score (nSPS) is 10.3. The molecule has 0 aliphatic rings. The standard InChI is InChI=1S/C18H18N2O2S/c1-21-14-7-5-6-13(10-14)16-12-23-18(20-16)11-19-15-8-3-4-9-17(15)22-2/h3-10,12,19H,11H2,1-2H3. The second-order valence-electron chi connectivity index (χ2n) is 4.91. The molecule has 5 heteroatoms. The van der Waals surface area contributed by atoms with Crippen molar-refractivity contribution in [3.63, 3.8) is 0 Å². The predicted molar refractivity (Wildman–Crippen MR) is 94.4 cm³/mol. The zero-order valence-corrected chi connectivity index (χ0v) is 13.9. The molecule has 0 saturated heterocycles. The first-order chi connectivity index (χ1) is 11.3. The Hall–Kier alpha value is -2.53. The third-order valence-electron chi connectivity index (χ3n) is 3.45. The van der Waals surface area contributed by atoms with E-state index in [1.54, 1.807) is 25.6 Å².